The predicted octanol–water partition coefficient (Wildman–Crippen LogP) is 1.61. The normalized spacial score (nSPS) is 12.6. The number of nitrogens with one attached hydrogen (secondary N) is 1. The van der Waals surface area contributed by atoms with E-state index in [4.69, 9.17) is 0 Å². The van der Waals surface area contributed by atoms with Crippen LogP contribution in [0.3, 0.4) is 0 Å². The average molecular weight is 264 g/mol. The summed E-state index contributed by atoms with van der Waals surface area (Å²) in [5.41, 5.74) is 1.05. The minimum Gasteiger partial charge on any atom is -0.480 e. The Morgan fingerprint density at radius 2 is 1.89 bits per heavy atom. The maximum Gasteiger partial charge on any atom is 0.321 e. The molecule has 0 aliphatic carbocycles. The fraction of sp³-hybridized carbons (Fsp3) is 0.533. The van der Waals surface area contributed by atoms with E-state index in [1.165, 1.54) is 0 Å². The van der Waals surface area contributed by atoms with Gasteiger partial charge in [0.25, 0.3) is 0 Å². The second-order valence-corrected chi connectivity index (χ2v) is 4.56. The lowest BCUT2D eigenvalue weighted by Gasteiger charge is -2.20. The van der Waals surface area contributed by atoms with Crippen LogP contribution in [0.4, 0.5) is 0 Å². The number of carbonyl (C=O) groups is 1. The monoisotopic (exact) mass is 264 g/mol. The molecule has 0 saturated carbocycles. The van der Waals surface area contributed by atoms with Crippen molar-refractivity contribution in [1.29, 1.82) is 0 Å². The first kappa shape index (κ1) is 15.7. The van der Waals surface area contributed by atoms with E-state index in [0.29, 0.717) is 13.0 Å². The number of hydrogen-bond acceptors (Lipinski definition) is 3. The van der Waals surface area contributed by atoms with Crippen molar-refractivity contribution < 1.29 is 9.90 Å². The van der Waals surface area contributed by atoms with Gasteiger partial charge in [-0.3, -0.25) is 4.79 Å². The molecule has 1 aromatic carbocycles. The zero-order valence-electron chi connectivity index (χ0n) is 11.8. The first-order valence-corrected chi connectivity index (χ1v) is 6.89. The molecular weight excluding hydrogens is 240 g/mol. The molecule has 0 fully saturated rings. The van der Waals surface area contributed by atoms with Crippen molar-refractivity contribution in [3.05, 3.63) is 35.9 Å². The first-order valence-electron chi connectivity index (χ1n) is 6.89. The van der Waals surface area contributed by atoms with E-state index in [2.05, 4.69) is 24.1 Å². The lowest BCUT2D eigenvalue weighted by Crippen LogP contribution is -2.42. The number of hydrogen-bond donors (Lipinski definition) is 2. The molecule has 4 nitrogen and oxygen atoms in total. The standard InChI is InChI=1S/C15H24N2O2/c1-3-17(4-2)11-10-16-14(15(18)19)12-13-8-6-5-7-9-13/h5-9,14,16H,3-4,10-12H2,1-2H3,(H,18,19). The maximum atomic E-state index is 11.2. The van der Waals surface area contributed by atoms with Crippen molar-refractivity contribution in [3.8, 4) is 0 Å². The van der Waals surface area contributed by atoms with E-state index in [1.807, 2.05) is 30.3 Å². The van der Waals surface area contributed by atoms with Crippen LogP contribution < -0.4 is 5.32 Å². The summed E-state index contributed by atoms with van der Waals surface area (Å²) in [5.74, 6) is -0.789. The Hall–Kier alpha value is -1.39. The summed E-state index contributed by atoms with van der Waals surface area (Å²) in [4.78, 5) is 13.5. The van der Waals surface area contributed by atoms with E-state index >= 15 is 0 Å². The zero-order chi connectivity index (χ0) is 14.1. The van der Waals surface area contributed by atoms with Gasteiger partial charge < -0.3 is 15.3 Å². The van der Waals surface area contributed by atoms with Gasteiger partial charge in [-0.25, -0.2) is 0 Å². The van der Waals surface area contributed by atoms with Crippen LogP contribution in [0.2, 0.25) is 0 Å². The zero-order valence-corrected chi connectivity index (χ0v) is 11.8. The Morgan fingerprint density at radius 1 is 1.26 bits per heavy atom. The van der Waals surface area contributed by atoms with E-state index in [-0.39, 0.29) is 0 Å². The molecule has 2 N–H and O–H groups in total. The number of carboxylic acids is 1. The maximum absolute atomic E-state index is 11.2. The van der Waals surface area contributed by atoms with Crippen LogP contribution in [-0.2, 0) is 11.2 Å². The molecule has 4 heteroatoms. The largest absolute Gasteiger partial charge is 0.480 e. The fourth-order valence-corrected chi connectivity index (χ4v) is 2.03. The highest BCUT2D eigenvalue weighted by atomic mass is 16.4. The van der Waals surface area contributed by atoms with Crippen LogP contribution in [0.1, 0.15) is 19.4 Å². The third kappa shape index (κ3) is 5.85. The molecule has 0 spiro atoms. The average Bonchev–Trinajstić information content (AvgIpc) is 2.43. The van der Waals surface area contributed by atoms with Crippen LogP contribution in [0.25, 0.3) is 0 Å². The molecular formula is C15H24N2O2. The number of rotatable bonds is 9. The smallest absolute Gasteiger partial charge is 0.321 e. The highest BCUT2D eigenvalue weighted by molar-refractivity contribution is 5.73. The third-order valence-corrected chi connectivity index (χ3v) is 3.29. The third-order valence-electron chi connectivity index (χ3n) is 3.29. The lowest BCUT2D eigenvalue weighted by molar-refractivity contribution is -0.139. The molecule has 0 radical (unpaired) electrons. The quantitative estimate of drug-likeness (QED) is 0.711. The highest BCUT2D eigenvalue weighted by Gasteiger charge is 2.17. The van der Waals surface area contributed by atoms with Gasteiger partial charge in [0, 0.05) is 13.1 Å². The number of nitrogens with zero attached hydrogens (tertiary/aromatic N) is 1. The molecule has 106 valence electrons. The van der Waals surface area contributed by atoms with E-state index in [9.17, 15) is 9.90 Å². The minimum atomic E-state index is -0.789. The predicted molar refractivity (Wildman–Crippen MR) is 77.4 cm³/mol. The Kier molecular flexibility index (Phi) is 7.15. The molecule has 1 rings (SSSR count). The van der Waals surface area contributed by atoms with Crippen molar-refractivity contribution in [2.45, 2.75) is 26.3 Å². The van der Waals surface area contributed by atoms with Gasteiger partial charge in [0.2, 0.25) is 0 Å². The Labute approximate surface area is 115 Å². The fourth-order valence-electron chi connectivity index (χ4n) is 2.03. The topological polar surface area (TPSA) is 52.6 Å². The van der Waals surface area contributed by atoms with Crippen LogP contribution >= 0.6 is 0 Å². The van der Waals surface area contributed by atoms with Crippen molar-refractivity contribution >= 4 is 5.97 Å². The Morgan fingerprint density at radius 3 is 2.42 bits per heavy atom. The Balaban J connectivity index is 2.43. The number of carboxylic acid groups (broad SMARTS) is 1. The van der Waals surface area contributed by atoms with E-state index in [0.717, 1.165) is 25.2 Å². The van der Waals surface area contributed by atoms with Gasteiger partial charge >= 0.3 is 5.97 Å². The lowest BCUT2D eigenvalue weighted by atomic mass is 10.1. The first-order chi connectivity index (χ1) is 9.17. The van der Waals surface area contributed by atoms with Gasteiger partial charge in [-0.2, -0.15) is 0 Å². The SMILES string of the molecule is CCN(CC)CCNC(Cc1ccccc1)C(=O)O. The molecule has 0 saturated heterocycles. The summed E-state index contributed by atoms with van der Waals surface area (Å²) in [5, 5.41) is 12.4. The van der Waals surface area contributed by atoms with Crippen LogP contribution in [0.5, 0.6) is 0 Å². The van der Waals surface area contributed by atoms with Crippen LogP contribution in [0.15, 0.2) is 30.3 Å². The Bertz CT molecular complexity index is 364. The molecule has 1 aromatic rings. The van der Waals surface area contributed by atoms with Gasteiger partial charge in [-0.1, -0.05) is 44.2 Å². The molecule has 1 atom stereocenters. The second-order valence-electron chi connectivity index (χ2n) is 4.56. The summed E-state index contributed by atoms with van der Waals surface area (Å²) >= 11 is 0. The minimum absolute atomic E-state index is 0.516. The van der Waals surface area contributed by atoms with Gasteiger partial charge in [0.05, 0.1) is 0 Å². The van der Waals surface area contributed by atoms with Gasteiger partial charge in [-0.15, -0.1) is 0 Å². The van der Waals surface area contributed by atoms with Crippen molar-refractivity contribution in [2.24, 2.45) is 0 Å². The molecule has 0 aliphatic heterocycles. The summed E-state index contributed by atoms with van der Waals surface area (Å²) < 4.78 is 0. The summed E-state index contributed by atoms with van der Waals surface area (Å²) in [6.45, 7) is 7.80. The van der Waals surface area contributed by atoms with Crippen molar-refractivity contribution in [2.75, 3.05) is 26.2 Å². The van der Waals surface area contributed by atoms with E-state index < -0.39 is 12.0 Å². The molecule has 0 aliphatic rings. The van der Waals surface area contributed by atoms with Gasteiger partial charge in [-0.05, 0) is 25.1 Å². The van der Waals surface area contributed by atoms with Crippen molar-refractivity contribution in [1.82, 2.24) is 10.2 Å². The summed E-state index contributed by atoms with van der Waals surface area (Å²) in [7, 11) is 0. The summed E-state index contributed by atoms with van der Waals surface area (Å²) in [6, 6.07) is 9.21. The number of likely N-dealkylation sites (N-methyl/N-ethyl adjacent to an activating group) is 1. The van der Waals surface area contributed by atoms with Crippen molar-refractivity contribution in [3.63, 3.8) is 0 Å². The van der Waals surface area contributed by atoms with Gasteiger partial charge in [0.1, 0.15) is 6.04 Å². The molecule has 0 amide bonds. The molecule has 0 aromatic heterocycles. The number of aliphatic carboxylic acids is 1. The van der Waals surface area contributed by atoms with Crippen LogP contribution in [0, 0.1) is 0 Å². The highest BCUT2D eigenvalue weighted by Crippen LogP contribution is 2.03. The van der Waals surface area contributed by atoms with Crippen LogP contribution in [-0.4, -0.2) is 48.2 Å². The second kappa shape index (κ2) is 8.67. The number of benzene rings is 1. The van der Waals surface area contributed by atoms with E-state index in [1.54, 1.807) is 0 Å². The summed E-state index contributed by atoms with van der Waals surface area (Å²) in [6.07, 6.45) is 0.522. The molecule has 0 bridgehead atoms. The molecule has 19 heavy (non-hydrogen) atoms. The molecule has 1 unspecified atom stereocenters. The van der Waals surface area contributed by atoms with Gasteiger partial charge in [0.15, 0.2) is 0 Å². The molecule has 0 heterocycles.